The first-order valence-electron chi connectivity index (χ1n) is 6.53. The molecule has 1 aliphatic rings. The highest BCUT2D eigenvalue weighted by atomic mass is 16.5. The van der Waals surface area contributed by atoms with E-state index in [0.29, 0.717) is 17.0 Å². The Labute approximate surface area is 113 Å². The van der Waals surface area contributed by atoms with E-state index in [-0.39, 0.29) is 11.9 Å². The Morgan fingerprint density at radius 2 is 2.11 bits per heavy atom. The highest BCUT2D eigenvalue weighted by molar-refractivity contribution is 6.02. The summed E-state index contributed by atoms with van der Waals surface area (Å²) in [6, 6.07) is 5.46. The fourth-order valence-electron chi connectivity index (χ4n) is 2.37. The van der Waals surface area contributed by atoms with E-state index in [1.807, 2.05) is 0 Å². The summed E-state index contributed by atoms with van der Waals surface area (Å²) < 4.78 is 5.20. The molecule has 0 bridgehead atoms. The Bertz CT molecular complexity index is 454. The lowest BCUT2D eigenvalue weighted by molar-refractivity contribution is 0.0915. The van der Waals surface area contributed by atoms with Gasteiger partial charge in [0.15, 0.2) is 0 Å². The molecular weight excluding hydrogens is 242 g/mol. The van der Waals surface area contributed by atoms with Crippen molar-refractivity contribution in [3.8, 4) is 5.75 Å². The third-order valence-electron chi connectivity index (χ3n) is 3.56. The summed E-state index contributed by atoms with van der Waals surface area (Å²) in [6.45, 7) is 2.01. The highest BCUT2D eigenvalue weighted by Gasteiger charge is 2.22. The van der Waals surface area contributed by atoms with Crippen LogP contribution >= 0.6 is 0 Å². The Balaban J connectivity index is 2.08. The van der Waals surface area contributed by atoms with Crippen LogP contribution in [0.1, 0.15) is 23.2 Å². The second-order valence-electron chi connectivity index (χ2n) is 4.98. The highest BCUT2D eigenvalue weighted by Crippen LogP contribution is 2.24. The van der Waals surface area contributed by atoms with Gasteiger partial charge in [-0.05, 0) is 45.1 Å². The molecule has 1 fully saturated rings. The van der Waals surface area contributed by atoms with Gasteiger partial charge in [0.25, 0.3) is 5.91 Å². The molecule has 104 valence electrons. The molecule has 0 radical (unpaired) electrons. The fourth-order valence-corrected chi connectivity index (χ4v) is 2.37. The molecule has 1 saturated heterocycles. The van der Waals surface area contributed by atoms with Crippen molar-refractivity contribution < 1.29 is 9.53 Å². The first-order valence-corrected chi connectivity index (χ1v) is 6.53. The van der Waals surface area contributed by atoms with Gasteiger partial charge < -0.3 is 20.7 Å². The van der Waals surface area contributed by atoms with Crippen LogP contribution < -0.4 is 15.8 Å². The minimum Gasteiger partial charge on any atom is -0.496 e. The topological polar surface area (TPSA) is 67.6 Å². The average molecular weight is 263 g/mol. The first-order chi connectivity index (χ1) is 9.11. The number of hydrogen-bond acceptors (Lipinski definition) is 4. The smallest absolute Gasteiger partial charge is 0.257 e. The van der Waals surface area contributed by atoms with Crippen LogP contribution in [0.2, 0.25) is 0 Å². The lowest BCUT2D eigenvalue weighted by Crippen LogP contribution is -2.43. The van der Waals surface area contributed by atoms with E-state index in [1.54, 1.807) is 25.3 Å². The summed E-state index contributed by atoms with van der Waals surface area (Å²) in [7, 11) is 3.64. The van der Waals surface area contributed by atoms with E-state index in [2.05, 4.69) is 17.3 Å². The lowest BCUT2D eigenvalue weighted by Gasteiger charge is -2.29. The molecule has 0 aliphatic carbocycles. The van der Waals surface area contributed by atoms with E-state index in [0.717, 1.165) is 25.9 Å². The number of carbonyl (C=O) groups is 1. The number of ether oxygens (including phenoxy) is 1. The predicted octanol–water partition coefficient (Wildman–Crippen LogP) is 1.10. The first kappa shape index (κ1) is 13.7. The molecular formula is C14H21N3O2. The molecule has 0 aromatic heterocycles. The molecule has 1 aromatic carbocycles. The van der Waals surface area contributed by atoms with Gasteiger partial charge in [-0.3, -0.25) is 4.79 Å². The zero-order valence-corrected chi connectivity index (χ0v) is 11.5. The van der Waals surface area contributed by atoms with Crippen LogP contribution in [-0.2, 0) is 0 Å². The standard InChI is InChI=1S/C14H21N3O2/c1-17-8-6-10(7-9-17)16-14(18)13-11(15)4-3-5-12(13)19-2/h3-5,10H,6-9,15H2,1-2H3,(H,16,18). The quantitative estimate of drug-likeness (QED) is 0.801. The number of amides is 1. The Morgan fingerprint density at radius 1 is 1.42 bits per heavy atom. The fraction of sp³-hybridized carbons (Fsp3) is 0.500. The monoisotopic (exact) mass is 263 g/mol. The maximum atomic E-state index is 12.3. The molecule has 5 heteroatoms. The number of anilines is 1. The molecule has 1 aromatic rings. The van der Waals surface area contributed by atoms with Gasteiger partial charge in [0.05, 0.1) is 7.11 Å². The maximum Gasteiger partial charge on any atom is 0.257 e. The third-order valence-corrected chi connectivity index (χ3v) is 3.56. The molecule has 5 nitrogen and oxygen atoms in total. The molecule has 1 aliphatic heterocycles. The molecule has 3 N–H and O–H groups in total. The second kappa shape index (κ2) is 5.93. The van der Waals surface area contributed by atoms with Gasteiger partial charge in [-0.2, -0.15) is 0 Å². The zero-order valence-electron chi connectivity index (χ0n) is 11.5. The summed E-state index contributed by atoms with van der Waals surface area (Å²) in [6.07, 6.45) is 1.94. The minimum absolute atomic E-state index is 0.149. The third kappa shape index (κ3) is 3.17. The van der Waals surface area contributed by atoms with Crippen LogP contribution in [0.25, 0.3) is 0 Å². The zero-order chi connectivity index (χ0) is 13.8. The van der Waals surface area contributed by atoms with Gasteiger partial charge in [-0.15, -0.1) is 0 Å². The maximum absolute atomic E-state index is 12.3. The van der Waals surface area contributed by atoms with Crippen molar-refractivity contribution in [3.05, 3.63) is 23.8 Å². The van der Waals surface area contributed by atoms with Gasteiger partial charge in [-0.1, -0.05) is 6.07 Å². The number of benzene rings is 1. The van der Waals surface area contributed by atoms with Gasteiger partial charge in [0, 0.05) is 11.7 Å². The van der Waals surface area contributed by atoms with Gasteiger partial charge in [-0.25, -0.2) is 0 Å². The Morgan fingerprint density at radius 3 is 2.74 bits per heavy atom. The van der Waals surface area contributed by atoms with Crippen molar-refractivity contribution in [1.82, 2.24) is 10.2 Å². The van der Waals surface area contributed by atoms with Crippen LogP contribution in [0.15, 0.2) is 18.2 Å². The SMILES string of the molecule is COc1cccc(N)c1C(=O)NC1CCN(C)CC1. The number of carbonyl (C=O) groups excluding carboxylic acids is 1. The Kier molecular flexibility index (Phi) is 4.27. The van der Waals surface area contributed by atoms with Crippen LogP contribution in [0.5, 0.6) is 5.75 Å². The van der Waals surface area contributed by atoms with Crippen LogP contribution in [0.3, 0.4) is 0 Å². The van der Waals surface area contributed by atoms with Crippen molar-refractivity contribution in [2.45, 2.75) is 18.9 Å². The number of nitrogens with zero attached hydrogens (tertiary/aromatic N) is 1. The second-order valence-corrected chi connectivity index (χ2v) is 4.98. The minimum atomic E-state index is -0.149. The lowest BCUT2D eigenvalue weighted by atomic mass is 10.0. The van der Waals surface area contributed by atoms with Crippen LogP contribution in [0.4, 0.5) is 5.69 Å². The van der Waals surface area contributed by atoms with E-state index < -0.39 is 0 Å². The molecule has 0 spiro atoms. The summed E-state index contributed by atoms with van der Waals surface area (Å²) in [5, 5.41) is 3.05. The average Bonchev–Trinajstić information content (AvgIpc) is 2.40. The number of nitrogen functional groups attached to an aromatic ring is 1. The number of likely N-dealkylation sites (tertiary alicyclic amines) is 1. The van der Waals surface area contributed by atoms with E-state index in [9.17, 15) is 4.79 Å². The normalized spacial score (nSPS) is 17.2. The van der Waals surface area contributed by atoms with E-state index in [1.165, 1.54) is 0 Å². The number of piperidine rings is 1. The summed E-state index contributed by atoms with van der Waals surface area (Å²) >= 11 is 0. The predicted molar refractivity (Wildman–Crippen MR) is 75.4 cm³/mol. The summed E-state index contributed by atoms with van der Waals surface area (Å²) in [4.78, 5) is 14.6. The molecule has 2 rings (SSSR count). The molecule has 0 saturated carbocycles. The largest absolute Gasteiger partial charge is 0.496 e. The van der Waals surface area contributed by atoms with Crippen molar-refractivity contribution >= 4 is 11.6 Å². The van der Waals surface area contributed by atoms with E-state index in [4.69, 9.17) is 10.5 Å². The molecule has 1 amide bonds. The van der Waals surface area contributed by atoms with Crippen molar-refractivity contribution in [3.63, 3.8) is 0 Å². The molecule has 0 atom stereocenters. The number of hydrogen-bond donors (Lipinski definition) is 2. The number of methoxy groups -OCH3 is 1. The van der Waals surface area contributed by atoms with Crippen LogP contribution in [0, 0.1) is 0 Å². The number of rotatable bonds is 3. The van der Waals surface area contributed by atoms with Gasteiger partial charge >= 0.3 is 0 Å². The van der Waals surface area contributed by atoms with Gasteiger partial charge in [0.1, 0.15) is 11.3 Å². The van der Waals surface area contributed by atoms with Crippen LogP contribution in [-0.4, -0.2) is 44.1 Å². The van der Waals surface area contributed by atoms with E-state index >= 15 is 0 Å². The van der Waals surface area contributed by atoms with Crippen molar-refractivity contribution in [2.24, 2.45) is 0 Å². The molecule has 19 heavy (non-hydrogen) atoms. The summed E-state index contributed by atoms with van der Waals surface area (Å²) in [5.74, 6) is 0.370. The van der Waals surface area contributed by atoms with Crippen molar-refractivity contribution in [1.29, 1.82) is 0 Å². The molecule has 1 heterocycles. The van der Waals surface area contributed by atoms with Gasteiger partial charge in [0.2, 0.25) is 0 Å². The summed E-state index contributed by atoms with van der Waals surface area (Å²) in [5.41, 5.74) is 6.76. The molecule has 0 unspecified atom stereocenters. The van der Waals surface area contributed by atoms with Crippen molar-refractivity contribution in [2.75, 3.05) is 33.0 Å². The Hall–Kier alpha value is -1.75. The number of nitrogens with one attached hydrogen (secondary N) is 1. The number of nitrogens with two attached hydrogens (primary N) is 1.